The van der Waals surface area contributed by atoms with Crippen molar-refractivity contribution in [2.24, 2.45) is 0 Å². The van der Waals surface area contributed by atoms with Gasteiger partial charge >= 0.3 is 6.18 Å². The molecule has 8 nitrogen and oxygen atoms in total. The van der Waals surface area contributed by atoms with Crippen LogP contribution in [0.3, 0.4) is 0 Å². The van der Waals surface area contributed by atoms with Gasteiger partial charge in [-0.2, -0.15) is 13.2 Å². The molecule has 3 aromatic rings. The summed E-state index contributed by atoms with van der Waals surface area (Å²) in [6, 6.07) is 11.3. The first-order valence-electron chi connectivity index (χ1n) is 12.5. The predicted octanol–water partition coefficient (Wildman–Crippen LogP) is 4.99. The Kier molecular flexibility index (Phi) is 8.36. The molecule has 2 N–H and O–H groups in total. The third kappa shape index (κ3) is 7.39. The summed E-state index contributed by atoms with van der Waals surface area (Å²) in [4.78, 5) is 8.13. The van der Waals surface area contributed by atoms with Gasteiger partial charge in [-0.05, 0) is 67.5 Å². The molecule has 0 radical (unpaired) electrons. The fourth-order valence-electron chi connectivity index (χ4n) is 4.13. The van der Waals surface area contributed by atoms with E-state index in [1.165, 1.54) is 27.0 Å². The van der Waals surface area contributed by atoms with Crippen LogP contribution in [0.4, 0.5) is 30.5 Å². The zero-order valence-electron chi connectivity index (χ0n) is 22.3. The first-order valence-corrected chi connectivity index (χ1v) is 14.3. The van der Waals surface area contributed by atoms with Gasteiger partial charge in [-0.15, -0.1) is 0 Å². The number of benzene rings is 2. The minimum absolute atomic E-state index is 0.00228. The van der Waals surface area contributed by atoms with Crippen LogP contribution in [0.1, 0.15) is 40.8 Å². The van der Waals surface area contributed by atoms with E-state index in [4.69, 9.17) is 4.74 Å². The van der Waals surface area contributed by atoms with E-state index in [0.717, 1.165) is 27.9 Å². The van der Waals surface area contributed by atoms with Gasteiger partial charge in [0.25, 0.3) is 0 Å². The lowest BCUT2D eigenvalue weighted by Crippen LogP contribution is -2.26. The number of hydrogen-bond acceptors (Lipinski definition) is 7. The Morgan fingerprint density at radius 2 is 1.87 bits per heavy atom. The zero-order valence-corrected chi connectivity index (χ0v) is 23.1. The molecule has 1 fully saturated rings. The normalized spacial score (nSPS) is 13.8. The molecule has 0 amide bonds. The second-order valence-electron chi connectivity index (χ2n) is 9.73. The Morgan fingerprint density at radius 1 is 1.13 bits per heavy atom. The van der Waals surface area contributed by atoms with E-state index in [-0.39, 0.29) is 24.5 Å². The quantitative estimate of drug-likeness (QED) is 0.339. The van der Waals surface area contributed by atoms with Gasteiger partial charge in [0, 0.05) is 25.8 Å². The van der Waals surface area contributed by atoms with Crippen molar-refractivity contribution in [3.05, 3.63) is 70.5 Å². The lowest BCUT2D eigenvalue weighted by Gasteiger charge is -2.21. The molecule has 0 spiro atoms. The smallest absolute Gasteiger partial charge is 0.419 e. The van der Waals surface area contributed by atoms with Gasteiger partial charge in [0.05, 0.1) is 36.0 Å². The summed E-state index contributed by atoms with van der Waals surface area (Å²) in [5.41, 5.74) is 2.24. The van der Waals surface area contributed by atoms with Crippen molar-refractivity contribution in [2.75, 3.05) is 30.0 Å². The largest absolute Gasteiger partial charge is 0.495 e. The Hall–Kier alpha value is -3.38. The van der Waals surface area contributed by atoms with Crippen molar-refractivity contribution in [1.29, 1.82) is 0 Å². The maximum Gasteiger partial charge on any atom is 0.419 e. The van der Waals surface area contributed by atoms with E-state index < -0.39 is 21.8 Å². The van der Waals surface area contributed by atoms with Crippen molar-refractivity contribution >= 4 is 27.3 Å². The van der Waals surface area contributed by atoms with Crippen molar-refractivity contribution in [2.45, 2.75) is 51.4 Å². The molecule has 0 atom stereocenters. The minimum atomic E-state index is -4.65. The Balaban J connectivity index is 1.59. The molecule has 1 aliphatic carbocycles. The van der Waals surface area contributed by atoms with Gasteiger partial charge in [0.15, 0.2) is 0 Å². The fourth-order valence-corrected chi connectivity index (χ4v) is 4.66. The van der Waals surface area contributed by atoms with E-state index >= 15 is 0 Å². The van der Waals surface area contributed by atoms with Crippen LogP contribution in [0.2, 0.25) is 0 Å². The van der Waals surface area contributed by atoms with Crippen LogP contribution in [0.15, 0.2) is 42.6 Å². The van der Waals surface area contributed by atoms with E-state index in [1.54, 1.807) is 24.3 Å². The average molecular weight is 564 g/mol. The maximum absolute atomic E-state index is 13.8. The van der Waals surface area contributed by atoms with Crippen molar-refractivity contribution in [1.82, 2.24) is 15.3 Å². The first-order chi connectivity index (χ1) is 18.3. The number of alkyl halides is 3. The van der Waals surface area contributed by atoms with E-state index in [2.05, 4.69) is 20.6 Å². The second-order valence-corrected chi connectivity index (χ2v) is 11.7. The van der Waals surface area contributed by atoms with Crippen molar-refractivity contribution in [3.8, 4) is 5.75 Å². The average Bonchev–Trinajstić information content (AvgIpc) is 3.70. The van der Waals surface area contributed by atoms with Gasteiger partial charge in [-0.3, -0.25) is 4.31 Å². The molecule has 1 saturated carbocycles. The van der Waals surface area contributed by atoms with Crippen LogP contribution in [0, 0.1) is 6.92 Å². The fraction of sp³-hybridized carbons (Fsp3) is 0.407. The van der Waals surface area contributed by atoms with E-state index in [9.17, 15) is 21.6 Å². The second kappa shape index (κ2) is 11.4. The Labute approximate surface area is 226 Å². The molecule has 210 valence electrons. The van der Waals surface area contributed by atoms with Gasteiger partial charge in [0.1, 0.15) is 5.75 Å². The summed E-state index contributed by atoms with van der Waals surface area (Å²) < 4.78 is 72.4. The van der Waals surface area contributed by atoms with Crippen molar-refractivity contribution < 1.29 is 26.3 Å². The molecular weight excluding hydrogens is 531 g/mol. The highest BCUT2D eigenvalue weighted by molar-refractivity contribution is 7.92. The number of ether oxygens (including phenoxy) is 1. The molecule has 1 heterocycles. The summed E-state index contributed by atoms with van der Waals surface area (Å²) in [6.07, 6.45) is -0.406. The standard InChI is InChI=1S/C27H32F3N5O3S/c1-17-5-7-19(24(13-17)35(2)39(4,36)37)8-12-22-21(27(28,29)30)16-32-26(33-22)34-23-11-6-18(14-25(23)38-3)15-31-20-9-10-20/h5-7,11,13-14,16,20,31H,8-10,12,15H2,1-4H3,(H,32,33,34). The number of rotatable bonds is 11. The Morgan fingerprint density at radius 3 is 2.51 bits per heavy atom. The minimum Gasteiger partial charge on any atom is -0.495 e. The number of nitrogens with one attached hydrogen (secondary N) is 2. The van der Waals surface area contributed by atoms with Crippen LogP contribution in [-0.2, 0) is 35.6 Å². The van der Waals surface area contributed by atoms with E-state index in [1.807, 2.05) is 19.1 Å². The SMILES string of the molecule is COc1cc(CNC2CC2)ccc1Nc1ncc(C(F)(F)F)c(CCc2ccc(C)cc2N(C)S(C)(=O)=O)n1. The molecular formula is C27H32F3N5O3S. The highest BCUT2D eigenvalue weighted by Gasteiger charge is 2.35. The number of methoxy groups -OCH3 is 1. The number of hydrogen-bond donors (Lipinski definition) is 2. The predicted molar refractivity (Wildman–Crippen MR) is 145 cm³/mol. The maximum atomic E-state index is 13.8. The molecule has 0 unspecified atom stereocenters. The summed E-state index contributed by atoms with van der Waals surface area (Å²) in [5.74, 6) is 0.515. The van der Waals surface area contributed by atoms with Crippen LogP contribution in [-0.4, -0.2) is 44.8 Å². The monoisotopic (exact) mass is 563 g/mol. The lowest BCUT2D eigenvalue weighted by atomic mass is 10.0. The summed E-state index contributed by atoms with van der Waals surface area (Å²) in [6.45, 7) is 2.51. The van der Waals surface area contributed by atoms with Crippen LogP contribution in [0.5, 0.6) is 5.75 Å². The van der Waals surface area contributed by atoms with Crippen LogP contribution in [0.25, 0.3) is 0 Å². The molecule has 4 rings (SSSR count). The molecule has 1 aromatic heterocycles. The molecule has 2 aromatic carbocycles. The molecule has 0 saturated heterocycles. The third-order valence-corrected chi connectivity index (χ3v) is 7.76. The lowest BCUT2D eigenvalue weighted by molar-refractivity contribution is -0.138. The van der Waals surface area contributed by atoms with Gasteiger partial charge in [0.2, 0.25) is 16.0 Å². The summed E-state index contributed by atoms with van der Waals surface area (Å²) in [5, 5.41) is 6.41. The summed E-state index contributed by atoms with van der Waals surface area (Å²) >= 11 is 0. The van der Waals surface area contributed by atoms with Gasteiger partial charge in [-0.25, -0.2) is 18.4 Å². The Bertz CT molecular complexity index is 1440. The highest BCUT2D eigenvalue weighted by atomic mass is 32.2. The molecule has 1 aliphatic rings. The van der Waals surface area contributed by atoms with Crippen molar-refractivity contribution in [3.63, 3.8) is 0 Å². The molecule has 0 aliphatic heterocycles. The molecule has 12 heteroatoms. The topological polar surface area (TPSA) is 96.5 Å². The number of sulfonamides is 1. The third-order valence-electron chi connectivity index (χ3n) is 6.57. The van der Waals surface area contributed by atoms with Crippen LogP contribution >= 0.6 is 0 Å². The summed E-state index contributed by atoms with van der Waals surface area (Å²) in [7, 11) is -0.627. The molecule has 0 bridgehead atoms. The number of nitrogens with zero attached hydrogens (tertiary/aromatic N) is 3. The molecule has 39 heavy (non-hydrogen) atoms. The number of aromatic nitrogens is 2. The van der Waals surface area contributed by atoms with Crippen LogP contribution < -0.4 is 19.7 Å². The van der Waals surface area contributed by atoms with E-state index in [0.29, 0.717) is 35.3 Å². The van der Waals surface area contributed by atoms with Gasteiger partial charge < -0.3 is 15.4 Å². The first kappa shape index (κ1) is 28.6. The van der Waals surface area contributed by atoms with Gasteiger partial charge in [-0.1, -0.05) is 18.2 Å². The highest BCUT2D eigenvalue weighted by Crippen LogP contribution is 2.34. The zero-order chi connectivity index (χ0) is 28.4. The number of anilines is 3. The number of aryl methyl sites for hydroxylation is 3. The number of halogens is 3.